The van der Waals surface area contributed by atoms with Crippen LogP contribution in [0, 0.1) is 5.92 Å². The quantitative estimate of drug-likeness (QED) is 0.561. The number of nitrogens with zero attached hydrogens (tertiary/aromatic N) is 1. The SMILES string of the molecule is CCCNCC(C)CN(CC)CCOC. The smallest absolute Gasteiger partial charge is 0.0589 e. The lowest BCUT2D eigenvalue weighted by Crippen LogP contribution is -2.35. The summed E-state index contributed by atoms with van der Waals surface area (Å²) in [7, 11) is 1.76. The van der Waals surface area contributed by atoms with E-state index in [1.165, 1.54) is 6.42 Å². The molecule has 15 heavy (non-hydrogen) atoms. The van der Waals surface area contributed by atoms with E-state index in [2.05, 4.69) is 31.0 Å². The van der Waals surface area contributed by atoms with Crippen molar-refractivity contribution in [2.45, 2.75) is 27.2 Å². The molecule has 1 atom stereocenters. The van der Waals surface area contributed by atoms with Crippen LogP contribution in [0.4, 0.5) is 0 Å². The highest BCUT2D eigenvalue weighted by atomic mass is 16.5. The third-order valence-corrected chi connectivity index (χ3v) is 2.55. The Labute approximate surface area is 95.2 Å². The first-order valence-electron chi connectivity index (χ1n) is 6.16. The molecule has 0 spiro atoms. The summed E-state index contributed by atoms with van der Waals surface area (Å²) < 4.78 is 5.10. The van der Waals surface area contributed by atoms with E-state index in [1.807, 2.05) is 0 Å². The molecular weight excluding hydrogens is 188 g/mol. The average molecular weight is 216 g/mol. The van der Waals surface area contributed by atoms with Crippen molar-refractivity contribution in [1.29, 1.82) is 0 Å². The van der Waals surface area contributed by atoms with Crippen LogP contribution in [0.25, 0.3) is 0 Å². The minimum Gasteiger partial charge on any atom is -0.383 e. The molecule has 0 heterocycles. The molecule has 0 rings (SSSR count). The van der Waals surface area contributed by atoms with Crippen LogP contribution < -0.4 is 5.32 Å². The first kappa shape index (κ1) is 14.9. The molecule has 3 heteroatoms. The van der Waals surface area contributed by atoms with Crippen molar-refractivity contribution >= 4 is 0 Å². The van der Waals surface area contributed by atoms with Gasteiger partial charge in [0.05, 0.1) is 6.61 Å². The van der Waals surface area contributed by atoms with Crippen molar-refractivity contribution in [3.05, 3.63) is 0 Å². The number of hydrogen-bond acceptors (Lipinski definition) is 3. The van der Waals surface area contributed by atoms with E-state index in [4.69, 9.17) is 4.74 Å². The summed E-state index contributed by atoms with van der Waals surface area (Å²) in [4.78, 5) is 2.45. The lowest BCUT2D eigenvalue weighted by atomic mass is 10.1. The van der Waals surface area contributed by atoms with E-state index < -0.39 is 0 Å². The third kappa shape index (κ3) is 8.85. The van der Waals surface area contributed by atoms with Gasteiger partial charge in [-0.05, 0) is 32.0 Å². The predicted octanol–water partition coefficient (Wildman–Crippen LogP) is 1.59. The van der Waals surface area contributed by atoms with E-state index in [0.29, 0.717) is 5.92 Å². The number of likely N-dealkylation sites (N-methyl/N-ethyl adjacent to an activating group) is 1. The third-order valence-electron chi connectivity index (χ3n) is 2.55. The zero-order valence-electron chi connectivity index (χ0n) is 10.9. The number of methoxy groups -OCH3 is 1. The van der Waals surface area contributed by atoms with Crippen molar-refractivity contribution in [2.75, 3.05) is 46.4 Å². The second kappa shape index (κ2) is 10.4. The van der Waals surface area contributed by atoms with Gasteiger partial charge >= 0.3 is 0 Å². The van der Waals surface area contributed by atoms with Crippen LogP contribution in [-0.2, 0) is 4.74 Å². The Hall–Kier alpha value is -0.120. The fourth-order valence-corrected chi connectivity index (χ4v) is 1.63. The van der Waals surface area contributed by atoms with Gasteiger partial charge < -0.3 is 15.0 Å². The molecule has 0 aromatic heterocycles. The summed E-state index contributed by atoms with van der Waals surface area (Å²) in [6.45, 7) is 13.1. The first-order valence-corrected chi connectivity index (χ1v) is 6.16. The summed E-state index contributed by atoms with van der Waals surface area (Å²) in [5.41, 5.74) is 0. The van der Waals surface area contributed by atoms with Crippen molar-refractivity contribution in [1.82, 2.24) is 10.2 Å². The van der Waals surface area contributed by atoms with Crippen LogP contribution in [0.5, 0.6) is 0 Å². The molecule has 0 amide bonds. The maximum atomic E-state index is 5.10. The minimum absolute atomic E-state index is 0.716. The van der Waals surface area contributed by atoms with E-state index in [1.54, 1.807) is 7.11 Å². The molecule has 0 saturated carbocycles. The maximum Gasteiger partial charge on any atom is 0.0589 e. The monoisotopic (exact) mass is 216 g/mol. The van der Waals surface area contributed by atoms with Crippen molar-refractivity contribution in [3.8, 4) is 0 Å². The molecule has 92 valence electrons. The van der Waals surface area contributed by atoms with Gasteiger partial charge in [-0.2, -0.15) is 0 Å². The van der Waals surface area contributed by atoms with Crippen molar-refractivity contribution < 1.29 is 4.74 Å². The average Bonchev–Trinajstić information content (AvgIpc) is 2.24. The lowest BCUT2D eigenvalue weighted by molar-refractivity contribution is 0.141. The fraction of sp³-hybridized carbons (Fsp3) is 1.00. The van der Waals surface area contributed by atoms with Crippen LogP contribution in [0.3, 0.4) is 0 Å². The van der Waals surface area contributed by atoms with Gasteiger partial charge in [-0.15, -0.1) is 0 Å². The first-order chi connectivity index (χ1) is 7.24. The summed E-state index contributed by atoms with van der Waals surface area (Å²) >= 11 is 0. The highest BCUT2D eigenvalue weighted by Crippen LogP contribution is 1.98. The van der Waals surface area contributed by atoms with Gasteiger partial charge in [0.1, 0.15) is 0 Å². The molecule has 0 radical (unpaired) electrons. The highest BCUT2D eigenvalue weighted by molar-refractivity contribution is 4.63. The van der Waals surface area contributed by atoms with E-state index >= 15 is 0 Å². The van der Waals surface area contributed by atoms with Crippen LogP contribution in [0.15, 0.2) is 0 Å². The van der Waals surface area contributed by atoms with Crippen molar-refractivity contribution in [3.63, 3.8) is 0 Å². The van der Waals surface area contributed by atoms with Gasteiger partial charge in [0.15, 0.2) is 0 Å². The van der Waals surface area contributed by atoms with Crippen LogP contribution in [-0.4, -0.2) is 51.3 Å². The second-order valence-electron chi connectivity index (χ2n) is 4.20. The standard InChI is InChI=1S/C12H28N2O/c1-5-7-13-10-12(3)11-14(6-2)8-9-15-4/h12-13H,5-11H2,1-4H3. The number of ether oxygens (including phenoxy) is 1. The fourth-order valence-electron chi connectivity index (χ4n) is 1.63. The van der Waals surface area contributed by atoms with Crippen molar-refractivity contribution in [2.24, 2.45) is 5.92 Å². The van der Waals surface area contributed by atoms with Gasteiger partial charge in [-0.3, -0.25) is 0 Å². The zero-order valence-corrected chi connectivity index (χ0v) is 10.9. The topological polar surface area (TPSA) is 24.5 Å². The molecule has 0 aromatic rings. The Bertz CT molecular complexity index is 131. The molecular formula is C12H28N2O. The Kier molecular flexibility index (Phi) is 10.3. The molecule has 0 saturated heterocycles. The molecule has 0 aliphatic carbocycles. The van der Waals surface area contributed by atoms with Gasteiger partial charge in [0.2, 0.25) is 0 Å². The molecule has 0 fully saturated rings. The molecule has 0 aliphatic heterocycles. The second-order valence-corrected chi connectivity index (χ2v) is 4.20. The number of rotatable bonds is 10. The summed E-state index contributed by atoms with van der Waals surface area (Å²) in [6, 6.07) is 0. The number of nitrogens with one attached hydrogen (secondary N) is 1. The highest BCUT2D eigenvalue weighted by Gasteiger charge is 2.07. The number of hydrogen-bond donors (Lipinski definition) is 1. The van der Waals surface area contributed by atoms with Gasteiger partial charge in [0, 0.05) is 20.2 Å². The molecule has 1 unspecified atom stereocenters. The summed E-state index contributed by atoms with van der Waals surface area (Å²) in [5.74, 6) is 0.716. The Morgan fingerprint density at radius 3 is 2.60 bits per heavy atom. The normalized spacial score (nSPS) is 13.4. The maximum absolute atomic E-state index is 5.10. The van der Waals surface area contributed by atoms with E-state index in [0.717, 1.165) is 39.3 Å². The Balaban J connectivity index is 3.55. The predicted molar refractivity (Wildman–Crippen MR) is 66.3 cm³/mol. The lowest BCUT2D eigenvalue weighted by Gasteiger charge is -2.24. The zero-order chi connectivity index (χ0) is 11.5. The summed E-state index contributed by atoms with van der Waals surface area (Å²) in [5, 5.41) is 3.46. The molecule has 0 aromatic carbocycles. The van der Waals surface area contributed by atoms with Crippen LogP contribution in [0.2, 0.25) is 0 Å². The molecule has 0 aliphatic rings. The van der Waals surface area contributed by atoms with E-state index in [9.17, 15) is 0 Å². The summed E-state index contributed by atoms with van der Waals surface area (Å²) in [6.07, 6.45) is 1.22. The van der Waals surface area contributed by atoms with E-state index in [-0.39, 0.29) is 0 Å². The van der Waals surface area contributed by atoms with Gasteiger partial charge in [-0.25, -0.2) is 0 Å². The Morgan fingerprint density at radius 2 is 2.07 bits per heavy atom. The van der Waals surface area contributed by atoms with Crippen LogP contribution in [0.1, 0.15) is 27.2 Å². The largest absolute Gasteiger partial charge is 0.383 e. The van der Waals surface area contributed by atoms with Crippen LogP contribution >= 0.6 is 0 Å². The molecule has 3 nitrogen and oxygen atoms in total. The van der Waals surface area contributed by atoms with Gasteiger partial charge in [0.25, 0.3) is 0 Å². The van der Waals surface area contributed by atoms with Gasteiger partial charge in [-0.1, -0.05) is 20.8 Å². The minimum atomic E-state index is 0.716. The molecule has 1 N–H and O–H groups in total. The Morgan fingerprint density at radius 1 is 1.33 bits per heavy atom. The molecule has 0 bridgehead atoms.